The maximum atomic E-state index is 5.43. The Bertz CT molecular complexity index is 765. The van der Waals surface area contributed by atoms with Crippen LogP contribution in [-0.2, 0) is 0 Å². The summed E-state index contributed by atoms with van der Waals surface area (Å²) in [7, 11) is 1.62. The molecule has 1 aromatic carbocycles. The molecule has 0 amide bonds. The van der Waals surface area contributed by atoms with Gasteiger partial charge >= 0.3 is 0 Å². The highest BCUT2D eigenvalue weighted by atomic mass is 32.1. The summed E-state index contributed by atoms with van der Waals surface area (Å²) in [6.45, 7) is 6.73. The van der Waals surface area contributed by atoms with Gasteiger partial charge in [0.2, 0.25) is 0 Å². The number of methoxy groups -OCH3 is 1. The van der Waals surface area contributed by atoms with Crippen molar-refractivity contribution in [2.24, 2.45) is 5.92 Å². The largest absolute Gasteiger partial charge is 0.493 e. The molecule has 27 heavy (non-hydrogen) atoms. The van der Waals surface area contributed by atoms with Crippen molar-refractivity contribution < 1.29 is 4.74 Å². The summed E-state index contributed by atoms with van der Waals surface area (Å²) in [5.74, 6) is 2.04. The minimum atomic E-state index is 0.0917. The number of piperidine rings is 1. The molecule has 144 valence electrons. The SMILES string of the molecule is COc1cccnc1NC(=S)NC(C)c1ccc(N2CCCC(C)C2)cc1. The highest BCUT2D eigenvalue weighted by Gasteiger charge is 2.17. The van der Waals surface area contributed by atoms with Crippen molar-refractivity contribution in [2.45, 2.75) is 32.7 Å². The molecule has 2 N–H and O–H groups in total. The summed E-state index contributed by atoms with van der Waals surface area (Å²) in [5, 5.41) is 6.94. The van der Waals surface area contributed by atoms with E-state index in [-0.39, 0.29) is 6.04 Å². The zero-order valence-corrected chi connectivity index (χ0v) is 17.1. The molecule has 2 unspecified atom stereocenters. The molecule has 2 aromatic rings. The summed E-state index contributed by atoms with van der Waals surface area (Å²) in [6, 6.07) is 12.5. The van der Waals surface area contributed by atoms with Gasteiger partial charge in [0.05, 0.1) is 13.2 Å². The van der Waals surface area contributed by atoms with Crippen LogP contribution in [0.2, 0.25) is 0 Å². The van der Waals surface area contributed by atoms with E-state index in [1.54, 1.807) is 13.3 Å². The van der Waals surface area contributed by atoms with Crippen LogP contribution in [-0.4, -0.2) is 30.3 Å². The Kier molecular flexibility index (Phi) is 6.50. The Labute approximate surface area is 167 Å². The molecular weight excluding hydrogens is 356 g/mol. The average Bonchev–Trinajstić information content (AvgIpc) is 2.68. The second-order valence-electron chi connectivity index (χ2n) is 7.16. The van der Waals surface area contributed by atoms with Crippen LogP contribution in [0.25, 0.3) is 0 Å². The molecule has 3 rings (SSSR count). The fraction of sp³-hybridized carbons (Fsp3) is 0.429. The Balaban J connectivity index is 1.59. The first-order chi connectivity index (χ1) is 13.1. The number of nitrogens with one attached hydrogen (secondary N) is 2. The van der Waals surface area contributed by atoms with Crippen molar-refractivity contribution in [3.8, 4) is 5.75 Å². The Morgan fingerprint density at radius 1 is 1.30 bits per heavy atom. The standard InChI is InChI=1S/C21H28N4OS/c1-15-6-5-13-25(14-15)18-10-8-17(9-11-18)16(2)23-21(27)24-20-19(26-3)7-4-12-22-20/h4,7-12,15-16H,5-6,13-14H2,1-3H3,(H2,22,23,24,27). The number of anilines is 2. The Hall–Kier alpha value is -2.34. The van der Waals surface area contributed by atoms with E-state index in [4.69, 9.17) is 17.0 Å². The lowest BCUT2D eigenvalue weighted by Crippen LogP contribution is -2.34. The topological polar surface area (TPSA) is 49.4 Å². The lowest BCUT2D eigenvalue weighted by atomic mass is 9.99. The summed E-state index contributed by atoms with van der Waals surface area (Å²) in [4.78, 5) is 6.75. The molecule has 1 aromatic heterocycles. The van der Waals surface area contributed by atoms with E-state index < -0.39 is 0 Å². The van der Waals surface area contributed by atoms with Crippen LogP contribution in [0.1, 0.15) is 38.3 Å². The molecule has 1 saturated heterocycles. The summed E-state index contributed by atoms with van der Waals surface area (Å²) >= 11 is 5.43. The van der Waals surface area contributed by atoms with Gasteiger partial charge in [-0.2, -0.15) is 0 Å². The Morgan fingerprint density at radius 3 is 2.78 bits per heavy atom. The molecule has 0 aliphatic carbocycles. The zero-order valence-electron chi connectivity index (χ0n) is 16.2. The smallest absolute Gasteiger partial charge is 0.174 e. The third kappa shape index (κ3) is 5.10. The maximum absolute atomic E-state index is 5.43. The summed E-state index contributed by atoms with van der Waals surface area (Å²) in [6.07, 6.45) is 4.32. The van der Waals surface area contributed by atoms with Gasteiger partial charge in [-0.25, -0.2) is 4.98 Å². The number of ether oxygens (including phenoxy) is 1. The number of aromatic nitrogens is 1. The van der Waals surface area contributed by atoms with Gasteiger partial charge in [-0.3, -0.25) is 0 Å². The van der Waals surface area contributed by atoms with Gasteiger partial charge < -0.3 is 20.3 Å². The van der Waals surface area contributed by atoms with Crippen LogP contribution < -0.4 is 20.3 Å². The number of benzene rings is 1. The molecule has 5 nitrogen and oxygen atoms in total. The van der Waals surface area contributed by atoms with Gasteiger partial charge in [0, 0.05) is 25.0 Å². The van der Waals surface area contributed by atoms with Crippen LogP contribution in [0.3, 0.4) is 0 Å². The number of thiocarbonyl (C=S) groups is 1. The van der Waals surface area contributed by atoms with Gasteiger partial charge in [0.25, 0.3) is 0 Å². The first-order valence-corrected chi connectivity index (χ1v) is 9.89. The quantitative estimate of drug-likeness (QED) is 0.747. The first-order valence-electron chi connectivity index (χ1n) is 9.48. The zero-order chi connectivity index (χ0) is 19.2. The average molecular weight is 385 g/mol. The van der Waals surface area contributed by atoms with Crippen molar-refractivity contribution in [3.05, 3.63) is 48.2 Å². The van der Waals surface area contributed by atoms with E-state index in [1.807, 2.05) is 12.1 Å². The molecule has 0 saturated carbocycles. The number of rotatable bonds is 5. The molecule has 2 heterocycles. The predicted molar refractivity (Wildman–Crippen MR) is 116 cm³/mol. The molecule has 2 atom stereocenters. The van der Waals surface area contributed by atoms with E-state index in [1.165, 1.54) is 24.1 Å². The van der Waals surface area contributed by atoms with E-state index in [9.17, 15) is 0 Å². The van der Waals surface area contributed by atoms with E-state index in [2.05, 4.69) is 58.6 Å². The number of nitrogens with zero attached hydrogens (tertiary/aromatic N) is 2. The second-order valence-corrected chi connectivity index (χ2v) is 7.57. The molecule has 0 bridgehead atoms. The van der Waals surface area contributed by atoms with Crippen LogP contribution in [0.4, 0.5) is 11.5 Å². The monoisotopic (exact) mass is 384 g/mol. The summed E-state index contributed by atoms with van der Waals surface area (Å²) < 4.78 is 5.30. The van der Waals surface area contributed by atoms with Gasteiger partial charge in [0.1, 0.15) is 0 Å². The van der Waals surface area contributed by atoms with Crippen molar-refractivity contribution in [1.29, 1.82) is 0 Å². The Morgan fingerprint density at radius 2 is 2.07 bits per heavy atom. The number of hydrogen-bond donors (Lipinski definition) is 2. The van der Waals surface area contributed by atoms with Crippen LogP contribution in [0, 0.1) is 5.92 Å². The minimum Gasteiger partial charge on any atom is -0.493 e. The van der Waals surface area contributed by atoms with Crippen molar-refractivity contribution in [3.63, 3.8) is 0 Å². The van der Waals surface area contributed by atoms with E-state index in [0.29, 0.717) is 16.7 Å². The van der Waals surface area contributed by atoms with Crippen LogP contribution in [0.5, 0.6) is 5.75 Å². The lowest BCUT2D eigenvalue weighted by molar-refractivity contribution is 0.415. The van der Waals surface area contributed by atoms with Gasteiger partial charge in [-0.15, -0.1) is 0 Å². The van der Waals surface area contributed by atoms with Crippen LogP contribution in [0.15, 0.2) is 42.6 Å². The lowest BCUT2D eigenvalue weighted by Gasteiger charge is -2.33. The normalized spacial score (nSPS) is 17.9. The minimum absolute atomic E-state index is 0.0917. The predicted octanol–water partition coefficient (Wildman–Crippen LogP) is 4.37. The molecule has 1 aliphatic heterocycles. The number of hydrogen-bond acceptors (Lipinski definition) is 4. The fourth-order valence-electron chi connectivity index (χ4n) is 3.47. The van der Waals surface area contributed by atoms with Gasteiger partial charge in [0.15, 0.2) is 16.7 Å². The van der Waals surface area contributed by atoms with E-state index >= 15 is 0 Å². The molecule has 0 radical (unpaired) electrons. The van der Waals surface area contributed by atoms with Crippen molar-refractivity contribution in [2.75, 3.05) is 30.4 Å². The first kappa shape index (κ1) is 19.4. The number of pyridine rings is 1. The third-order valence-corrected chi connectivity index (χ3v) is 5.21. The van der Waals surface area contributed by atoms with Crippen LogP contribution >= 0.6 is 12.2 Å². The highest BCUT2D eigenvalue weighted by Crippen LogP contribution is 2.25. The third-order valence-electron chi connectivity index (χ3n) is 4.99. The summed E-state index contributed by atoms with van der Waals surface area (Å²) in [5.41, 5.74) is 2.50. The van der Waals surface area contributed by atoms with E-state index in [0.717, 1.165) is 19.0 Å². The van der Waals surface area contributed by atoms with Crippen molar-refractivity contribution in [1.82, 2.24) is 10.3 Å². The second kappa shape index (κ2) is 9.04. The molecule has 0 spiro atoms. The molecule has 6 heteroatoms. The molecular formula is C21H28N4OS. The molecule has 1 aliphatic rings. The van der Waals surface area contributed by atoms with Crippen molar-refractivity contribution >= 4 is 28.8 Å². The molecule has 1 fully saturated rings. The fourth-order valence-corrected chi connectivity index (χ4v) is 3.74. The highest BCUT2D eigenvalue weighted by molar-refractivity contribution is 7.80. The van der Waals surface area contributed by atoms with Gasteiger partial charge in [-0.1, -0.05) is 19.1 Å². The van der Waals surface area contributed by atoms with Gasteiger partial charge in [-0.05, 0) is 67.7 Å². The maximum Gasteiger partial charge on any atom is 0.174 e.